The van der Waals surface area contributed by atoms with Gasteiger partial charge in [0, 0.05) is 11.6 Å². The number of carbonyl (C=O) groups is 1. The predicted molar refractivity (Wildman–Crippen MR) is 72.2 cm³/mol. The predicted octanol–water partition coefficient (Wildman–Crippen LogP) is 4.20. The van der Waals surface area contributed by atoms with E-state index in [1.54, 1.807) is 6.07 Å². The van der Waals surface area contributed by atoms with Crippen LogP contribution in [0.1, 0.15) is 22.8 Å². The molecule has 5 heteroatoms. The van der Waals surface area contributed by atoms with Crippen molar-refractivity contribution in [2.45, 2.75) is 12.8 Å². The molecule has 2 aromatic carbocycles. The molecule has 0 N–H and O–H groups in total. The van der Waals surface area contributed by atoms with Crippen LogP contribution < -0.4 is 4.74 Å². The number of Topliss-reactive ketones (excluding diaryl/α,β-unsaturated/α-hetero) is 1. The second-order valence-electron chi connectivity index (χ2n) is 4.56. The van der Waals surface area contributed by atoms with Crippen LogP contribution in [-0.4, -0.2) is 12.4 Å². The second-order valence-corrected chi connectivity index (χ2v) is 4.56. The van der Waals surface area contributed by atoms with Crippen LogP contribution in [0.25, 0.3) is 0 Å². The fourth-order valence-corrected chi connectivity index (χ4v) is 1.84. The van der Waals surface area contributed by atoms with E-state index < -0.39 is 18.3 Å². The third-order valence-corrected chi connectivity index (χ3v) is 2.93. The van der Waals surface area contributed by atoms with Crippen LogP contribution in [0.15, 0.2) is 48.5 Å². The van der Waals surface area contributed by atoms with E-state index in [1.807, 2.05) is 0 Å². The minimum absolute atomic E-state index is 0.0697. The highest BCUT2D eigenvalue weighted by Crippen LogP contribution is 2.30. The molecule has 2 aromatic rings. The van der Waals surface area contributed by atoms with Crippen molar-refractivity contribution in [1.29, 1.82) is 0 Å². The molecule has 0 unspecified atom stereocenters. The molecule has 2 rings (SSSR count). The third kappa shape index (κ3) is 3.62. The van der Waals surface area contributed by atoms with Crippen molar-refractivity contribution in [3.8, 4) is 5.75 Å². The minimum atomic E-state index is -3.23. The SMILES string of the molecule is CC(=O)c1ccc(F)cc1OCC(F)(F)c1ccccc1. The summed E-state index contributed by atoms with van der Waals surface area (Å²) < 4.78 is 46.1. The second kappa shape index (κ2) is 5.99. The molecule has 2 nitrogen and oxygen atoms in total. The number of rotatable bonds is 5. The summed E-state index contributed by atoms with van der Waals surface area (Å²) in [6.07, 6.45) is 0. The van der Waals surface area contributed by atoms with E-state index in [4.69, 9.17) is 4.74 Å². The Bertz CT molecular complexity index is 639. The normalized spacial score (nSPS) is 11.2. The third-order valence-electron chi connectivity index (χ3n) is 2.93. The molecule has 0 fully saturated rings. The van der Waals surface area contributed by atoms with Crippen LogP contribution in [0.3, 0.4) is 0 Å². The number of ketones is 1. The number of hydrogen-bond donors (Lipinski definition) is 0. The highest BCUT2D eigenvalue weighted by atomic mass is 19.3. The summed E-state index contributed by atoms with van der Waals surface area (Å²) in [6, 6.07) is 10.4. The molecule has 0 saturated heterocycles. The Morgan fingerprint density at radius 1 is 1.14 bits per heavy atom. The van der Waals surface area contributed by atoms with Gasteiger partial charge in [0.25, 0.3) is 0 Å². The molecular formula is C16H13F3O2. The monoisotopic (exact) mass is 294 g/mol. The number of halogens is 3. The maximum atomic E-state index is 14.0. The van der Waals surface area contributed by atoms with Gasteiger partial charge in [-0.05, 0) is 19.1 Å². The molecule has 0 heterocycles. The van der Waals surface area contributed by atoms with Gasteiger partial charge in [-0.3, -0.25) is 4.79 Å². The Hall–Kier alpha value is -2.30. The summed E-state index contributed by atoms with van der Waals surface area (Å²) in [6.45, 7) is 0.288. The quantitative estimate of drug-likeness (QED) is 0.773. The smallest absolute Gasteiger partial charge is 0.306 e. The van der Waals surface area contributed by atoms with Crippen molar-refractivity contribution in [2.75, 3.05) is 6.61 Å². The van der Waals surface area contributed by atoms with Crippen LogP contribution in [0.4, 0.5) is 13.2 Å². The van der Waals surface area contributed by atoms with Gasteiger partial charge in [-0.15, -0.1) is 0 Å². The molecule has 0 amide bonds. The van der Waals surface area contributed by atoms with Gasteiger partial charge in [0.1, 0.15) is 11.6 Å². The zero-order chi connectivity index (χ0) is 15.5. The molecule has 0 atom stereocenters. The summed E-state index contributed by atoms with van der Waals surface area (Å²) in [4.78, 5) is 11.4. The summed E-state index contributed by atoms with van der Waals surface area (Å²) in [5.74, 6) is -4.45. The lowest BCUT2D eigenvalue weighted by Gasteiger charge is -2.18. The lowest BCUT2D eigenvalue weighted by Crippen LogP contribution is -2.23. The maximum Gasteiger partial charge on any atom is 0.306 e. The first kappa shape index (κ1) is 15.1. The number of benzene rings is 2. The van der Waals surface area contributed by atoms with Crippen LogP contribution in [0.2, 0.25) is 0 Å². The number of carbonyl (C=O) groups excluding carboxylic acids is 1. The van der Waals surface area contributed by atoms with Crippen molar-refractivity contribution in [2.24, 2.45) is 0 Å². The number of hydrogen-bond acceptors (Lipinski definition) is 2. The van der Waals surface area contributed by atoms with Gasteiger partial charge in [-0.1, -0.05) is 30.3 Å². The van der Waals surface area contributed by atoms with Crippen LogP contribution in [0.5, 0.6) is 5.75 Å². The van der Waals surface area contributed by atoms with Crippen LogP contribution >= 0.6 is 0 Å². The molecule has 0 aliphatic rings. The van der Waals surface area contributed by atoms with Gasteiger partial charge >= 0.3 is 5.92 Å². The molecule has 0 saturated carbocycles. The zero-order valence-electron chi connectivity index (χ0n) is 11.3. The fourth-order valence-electron chi connectivity index (χ4n) is 1.84. The Balaban J connectivity index is 2.20. The Morgan fingerprint density at radius 2 is 1.81 bits per heavy atom. The van der Waals surface area contributed by atoms with Gasteiger partial charge in [0.05, 0.1) is 5.56 Å². The molecule has 0 aliphatic heterocycles. The Labute approximate surface area is 120 Å². The van der Waals surface area contributed by atoms with Crippen LogP contribution in [-0.2, 0) is 5.92 Å². The molecular weight excluding hydrogens is 281 g/mol. The molecule has 0 radical (unpaired) electrons. The summed E-state index contributed by atoms with van der Waals surface area (Å²) >= 11 is 0. The number of alkyl halides is 2. The molecule has 0 spiro atoms. The van der Waals surface area contributed by atoms with Crippen molar-refractivity contribution in [3.05, 3.63) is 65.5 Å². The van der Waals surface area contributed by atoms with Gasteiger partial charge in [0.15, 0.2) is 12.4 Å². The van der Waals surface area contributed by atoms with E-state index in [1.165, 1.54) is 37.3 Å². The van der Waals surface area contributed by atoms with Gasteiger partial charge in [-0.2, -0.15) is 8.78 Å². The molecule has 110 valence electrons. The van der Waals surface area contributed by atoms with E-state index in [0.29, 0.717) is 0 Å². The van der Waals surface area contributed by atoms with Crippen molar-refractivity contribution >= 4 is 5.78 Å². The van der Waals surface area contributed by atoms with E-state index in [9.17, 15) is 18.0 Å². The fraction of sp³-hybridized carbons (Fsp3) is 0.188. The Morgan fingerprint density at radius 3 is 2.43 bits per heavy atom. The largest absolute Gasteiger partial charge is 0.486 e. The topological polar surface area (TPSA) is 26.3 Å². The average Bonchev–Trinajstić information content (AvgIpc) is 2.46. The van der Waals surface area contributed by atoms with Crippen molar-refractivity contribution in [3.63, 3.8) is 0 Å². The summed E-state index contributed by atoms with van der Waals surface area (Å²) in [5, 5.41) is 0. The van der Waals surface area contributed by atoms with E-state index in [0.717, 1.165) is 12.1 Å². The average molecular weight is 294 g/mol. The first-order valence-corrected chi connectivity index (χ1v) is 6.27. The first-order valence-electron chi connectivity index (χ1n) is 6.27. The van der Waals surface area contributed by atoms with Crippen LogP contribution in [0, 0.1) is 5.82 Å². The highest BCUT2D eigenvalue weighted by Gasteiger charge is 2.32. The van der Waals surface area contributed by atoms with Gasteiger partial charge in [-0.25, -0.2) is 4.39 Å². The van der Waals surface area contributed by atoms with Gasteiger partial charge in [0.2, 0.25) is 0 Å². The lowest BCUT2D eigenvalue weighted by atomic mass is 10.1. The van der Waals surface area contributed by atoms with E-state index >= 15 is 0 Å². The lowest BCUT2D eigenvalue weighted by molar-refractivity contribution is -0.0469. The highest BCUT2D eigenvalue weighted by molar-refractivity contribution is 5.96. The zero-order valence-corrected chi connectivity index (χ0v) is 11.3. The minimum Gasteiger partial charge on any atom is -0.486 e. The van der Waals surface area contributed by atoms with Crippen molar-refractivity contribution < 1.29 is 22.7 Å². The summed E-state index contributed by atoms with van der Waals surface area (Å²) in [5.41, 5.74) is -0.133. The Kier molecular flexibility index (Phi) is 4.31. The molecule has 0 aromatic heterocycles. The first-order chi connectivity index (χ1) is 9.90. The van der Waals surface area contributed by atoms with Crippen molar-refractivity contribution in [1.82, 2.24) is 0 Å². The number of ether oxygens (including phenoxy) is 1. The van der Waals surface area contributed by atoms with E-state index in [-0.39, 0.29) is 22.7 Å². The molecule has 21 heavy (non-hydrogen) atoms. The van der Waals surface area contributed by atoms with E-state index in [2.05, 4.69) is 0 Å². The van der Waals surface area contributed by atoms with Gasteiger partial charge < -0.3 is 4.74 Å². The molecule has 0 aliphatic carbocycles. The maximum absolute atomic E-state index is 14.0. The summed E-state index contributed by atoms with van der Waals surface area (Å²) in [7, 11) is 0. The standard InChI is InChI=1S/C16H13F3O2/c1-11(20)14-8-7-13(17)9-15(14)21-10-16(18,19)12-5-3-2-4-6-12/h2-9H,10H2,1H3. The molecule has 0 bridgehead atoms.